The molecule has 22 heavy (non-hydrogen) atoms. The summed E-state index contributed by atoms with van der Waals surface area (Å²) < 4.78 is 13.0. The average Bonchev–Trinajstić information content (AvgIpc) is 3.07. The van der Waals surface area contributed by atoms with Gasteiger partial charge in [-0.05, 0) is 37.6 Å². The normalized spacial score (nSPS) is 12.0. The Hall–Kier alpha value is -2.41. The van der Waals surface area contributed by atoms with Crippen LogP contribution in [0.2, 0.25) is 0 Å². The predicted octanol–water partition coefficient (Wildman–Crippen LogP) is 1.50. The first kappa shape index (κ1) is 14.5. The Kier molecular flexibility index (Phi) is 4.06. The molecule has 0 fully saturated rings. The zero-order valence-corrected chi connectivity index (χ0v) is 13.1. The van der Waals surface area contributed by atoms with Crippen LogP contribution in [0.4, 0.5) is 0 Å². The summed E-state index contributed by atoms with van der Waals surface area (Å²) in [5.41, 5.74) is 0.706. The first-order chi connectivity index (χ1) is 10.7. The number of hydrogen-bond donors (Lipinski definition) is 0. The smallest absolute Gasteiger partial charge is 0.291 e. The number of nitrogens with zero attached hydrogens (tertiary/aromatic N) is 3. The van der Waals surface area contributed by atoms with Crippen molar-refractivity contribution in [1.82, 2.24) is 14.6 Å². The molecule has 0 bridgehead atoms. The standard InChI is InChI=1S/C15H15N3O3S/c1-3-20-11-6-5-10(7-12(11)21-4-2)8-13-14(19)18-15(22-13)16-9-17-18/h5-9H,3-4H2,1-2H3. The van der Waals surface area contributed by atoms with E-state index < -0.39 is 0 Å². The van der Waals surface area contributed by atoms with Gasteiger partial charge in [0.05, 0.1) is 17.7 Å². The maximum atomic E-state index is 12.2. The highest BCUT2D eigenvalue weighted by Crippen LogP contribution is 2.28. The lowest BCUT2D eigenvalue weighted by Gasteiger charge is -2.11. The molecule has 1 aromatic carbocycles. The monoisotopic (exact) mass is 317 g/mol. The van der Waals surface area contributed by atoms with Crippen LogP contribution in [0.1, 0.15) is 19.4 Å². The van der Waals surface area contributed by atoms with Crippen LogP contribution in [0.15, 0.2) is 29.3 Å². The number of ether oxygens (including phenoxy) is 2. The molecule has 0 saturated carbocycles. The highest BCUT2D eigenvalue weighted by atomic mass is 32.1. The van der Waals surface area contributed by atoms with Crippen LogP contribution in [0.5, 0.6) is 11.5 Å². The fourth-order valence-corrected chi connectivity index (χ4v) is 2.97. The van der Waals surface area contributed by atoms with Crippen LogP contribution in [0.25, 0.3) is 11.0 Å². The highest BCUT2D eigenvalue weighted by Gasteiger charge is 2.07. The van der Waals surface area contributed by atoms with Gasteiger partial charge in [-0.25, -0.2) is 4.98 Å². The molecule has 2 heterocycles. The number of thiazole rings is 1. The zero-order valence-electron chi connectivity index (χ0n) is 12.3. The molecule has 0 unspecified atom stereocenters. The topological polar surface area (TPSA) is 65.7 Å². The van der Waals surface area contributed by atoms with Gasteiger partial charge in [-0.15, -0.1) is 0 Å². The summed E-state index contributed by atoms with van der Waals surface area (Å²) >= 11 is 1.31. The first-order valence-electron chi connectivity index (χ1n) is 6.96. The predicted molar refractivity (Wildman–Crippen MR) is 84.7 cm³/mol. The molecular formula is C15H15N3O3S. The molecular weight excluding hydrogens is 302 g/mol. The van der Waals surface area contributed by atoms with Gasteiger partial charge in [-0.3, -0.25) is 4.79 Å². The van der Waals surface area contributed by atoms with Gasteiger partial charge in [0.15, 0.2) is 11.5 Å². The molecule has 0 aliphatic carbocycles. The molecule has 0 atom stereocenters. The maximum Gasteiger partial charge on any atom is 0.291 e. The molecule has 0 aliphatic heterocycles. The Morgan fingerprint density at radius 2 is 2.00 bits per heavy atom. The van der Waals surface area contributed by atoms with Crippen molar-refractivity contribution < 1.29 is 9.47 Å². The van der Waals surface area contributed by atoms with Gasteiger partial charge in [0.25, 0.3) is 5.56 Å². The number of hydrogen-bond acceptors (Lipinski definition) is 6. The Morgan fingerprint density at radius 1 is 1.23 bits per heavy atom. The largest absolute Gasteiger partial charge is 0.490 e. The number of aromatic nitrogens is 3. The van der Waals surface area contributed by atoms with Crippen LogP contribution < -0.4 is 19.6 Å². The minimum absolute atomic E-state index is 0.163. The van der Waals surface area contributed by atoms with E-state index in [4.69, 9.17) is 9.47 Å². The summed E-state index contributed by atoms with van der Waals surface area (Å²) in [5, 5.41) is 3.90. The minimum atomic E-state index is -0.163. The second kappa shape index (κ2) is 6.15. The van der Waals surface area contributed by atoms with E-state index in [2.05, 4.69) is 10.1 Å². The molecule has 0 saturated heterocycles. The summed E-state index contributed by atoms with van der Waals surface area (Å²) in [6.45, 7) is 4.96. The van der Waals surface area contributed by atoms with Crippen molar-refractivity contribution in [1.29, 1.82) is 0 Å². The van der Waals surface area contributed by atoms with Gasteiger partial charge < -0.3 is 9.47 Å². The Labute approximate surface area is 130 Å². The van der Waals surface area contributed by atoms with Gasteiger partial charge in [0.1, 0.15) is 6.33 Å². The third-order valence-electron chi connectivity index (χ3n) is 2.99. The fourth-order valence-electron chi connectivity index (χ4n) is 2.09. The Balaban J connectivity index is 2.06. The lowest BCUT2D eigenvalue weighted by Crippen LogP contribution is -2.23. The Morgan fingerprint density at radius 3 is 2.73 bits per heavy atom. The summed E-state index contributed by atoms with van der Waals surface area (Å²) in [5.74, 6) is 1.37. The van der Waals surface area contributed by atoms with E-state index in [1.165, 1.54) is 22.2 Å². The van der Waals surface area contributed by atoms with Crippen LogP contribution in [-0.2, 0) is 0 Å². The van der Waals surface area contributed by atoms with E-state index in [1.807, 2.05) is 38.1 Å². The second-order valence-electron chi connectivity index (χ2n) is 4.44. The second-order valence-corrected chi connectivity index (χ2v) is 5.45. The third-order valence-corrected chi connectivity index (χ3v) is 3.96. The van der Waals surface area contributed by atoms with Gasteiger partial charge in [-0.1, -0.05) is 17.4 Å². The van der Waals surface area contributed by atoms with Gasteiger partial charge in [-0.2, -0.15) is 9.61 Å². The van der Waals surface area contributed by atoms with Crippen LogP contribution in [0, 0.1) is 0 Å². The SMILES string of the molecule is CCOc1ccc(C=c2sc3ncnn3c2=O)cc1OCC. The molecule has 0 amide bonds. The summed E-state index contributed by atoms with van der Waals surface area (Å²) in [7, 11) is 0. The Bertz CT molecular complexity index is 901. The van der Waals surface area contributed by atoms with Crippen LogP contribution >= 0.6 is 11.3 Å². The lowest BCUT2D eigenvalue weighted by atomic mass is 10.2. The number of benzene rings is 1. The van der Waals surface area contributed by atoms with E-state index in [0.29, 0.717) is 34.2 Å². The summed E-state index contributed by atoms with van der Waals surface area (Å²) in [6.07, 6.45) is 3.18. The molecule has 0 N–H and O–H groups in total. The average molecular weight is 317 g/mol. The lowest BCUT2D eigenvalue weighted by molar-refractivity contribution is 0.287. The van der Waals surface area contributed by atoms with Crippen molar-refractivity contribution in [3.63, 3.8) is 0 Å². The van der Waals surface area contributed by atoms with Gasteiger partial charge >= 0.3 is 0 Å². The summed E-state index contributed by atoms with van der Waals surface area (Å²) in [6, 6.07) is 5.61. The third kappa shape index (κ3) is 2.67. The molecule has 3 aromatic rings. The van der Waals surface area contributed by atoms with Crippen LogP contribution in [0.3, 0.4) is 0 Å². The van der Waals surface area contributed by atoms with Crippen molar-refractivity contribution >= 4 is 22.4 Å². The molecule has 0 aliphatic rings. The number of rotatable bonds is 5. The molecule has 2 aromatic heterocycles. The first-order valence-corrected chi connectivity index (χ1v) is 7.78. The van der Waals surface area contributed by atoms with Crippen molar-refractivity contribution in [2.24, 2.45) is 0 Å². The van der Waals surface area contributed by atoms with Gasteiger partial charge in [0.2, 0.25) is 4.96 Å². The zero-order chi connectivity index (χ0) is 15.5. The quantitative estimate of drug-likeness (QED) is 0.713. The maximum absolute atomic E-state index is 12.2. The van der Waals surface area contributed by atoms with E-state index in [9.17, 15) is 4.79 Å². The number of fused-ring (bicyclic) bond motifs is 1. The van der Waals surface area contributed by atoms with E-state index in [-0.39, 0.29) is 5.56 Å². The van der Waals surface area contributed by atoms with E-state index in [1.54, 1.807) is 0 Å². The summed E-state index contributed by atoms with van der Waals surface area (Å²) in [4.78, 5) is 16.8. The minimum Gasteiger partial charge on any atom is -0.490 e. The van der Waals surface area contributed by atoms with E-state index in [0.717, 1.165) is 5.56 Å². The van der Waals surface area contributed by atoms with Crippen molar-refractivity contribution in [3.05, 3.63) is 45.0 Å². The fraction of sp³-hybridized carbons (Fsp3) is 0.267. The van der Waals surface area contributed by atoms with Crippen molar-refractivity contribution in [3.8, 4) is 11.5 Å². The molecule has 114 valence electrons. The molecule has 0 spiro atoms. The van der Waals surface area contributed by atoms with E-state index >= 15 is 0 Å². The molecule has 7 heteroatoms. The molecule has 3 rings (SSSR count). The van der Waals surface area contributed by atoms with Crippen molar-refractivity contribution in [2.45, 2.75) is 13.8 Å². The molecule has 0 radical (unpaired) electrons. The molecule has 6 nitrogen and oxygen atoms in total. The van der Waals surface area contributed by atoms with Gasteiger partial charge in [0, 0.05) is 0 Å². The highest BCUT2D eigenvalue weighted by molar-refractivity contribution is 7.15. The van der Waals surface area contributed by atoms with Crippen molar-refractivity contribution in [2.75, 3.05) is 13.2 Å². The van der Waals surface area contributed by atoms with Crippen LogP contribution in [-0.4, -0.2) is 27.8 Å².